The number of hydrogen-bond acceptors (Lipinski definition) is 8. The lowest BCUT2D eigenvalue weighted by Crippen LogP contribution is -2.28. The van der Waals surface area contributed by atoms with Crippen LogP contribution in [0.15, 0.2) is 48.8 Å². The zero-order chi connectivity index (χ0) is 27.4. The second-order valence-electron chi connectivity index (χ2n) is 9.18. The number of nitrogens with one attached hydrogen (secondary N) is 3. The summed E-state index contributed by atoms with van der Waals surface area (Å²) in [7, 11) is 0. The highest BCUT2D eigenvalue weighted by Gasteiger charge is 2.23. The minimum Gasteiger partial charge on any atom is -0.394 e. The fourth-order valence-corrected chi connectivity index (χ4v) is 4.78. The Labute approximate surface area is 228 Å². The molecule has 2 bridgehead atoms. The van der Waals surface area contributed by atoms with Crippen LogP contribution in [0.1, 0.15) is 43.1 Å². The Morgan fingerprint density at radius 2 is 2.08 bits per heavy atom. The smallest absolute Gasteiger partial charge is 0.244 e. The van der Waals surface area contributed by atoms with E-state index in [0.29, 0.717) is 29.4 Å². The first-order chi connectivity index (χ1) is 18.9. The van der Waals surface area contributed by atoms with E-state index >= 15 is 0 Å². The molecule has 5 rings (SSSR count). The number of benzene rings is 2. The molecule has 11 nitrogen and oxygen atoms in total. The molecule has 0 fully saturated rings. The van der Waals surface area contributed by atoms with Crippen molar-refractivity contribution < 1.29 is 14.3 Å². The highest BCUT2D eigenvalue weighted by Crippen LogP contribution is 2.34. The molecule has 39 heavy (non-hydrogen) atoms. The lowest BCUT2D eigenvalue weighted by atomic mass is 10.0. The molecule has 0 radical (unpaired) electrons. The lowest BCUT2D eigenvalue weighted by molar-refractivity contribution is -0.117. The van der Waals surface area contributed by atoms with Crippen molar-refractivity contribution in [3.63, 3.8) is 0 Å². The Bertz CT molecular complexity index is 1490. The zero-order valence-corrected chi connectivity index (χ0v) is 21.6. The summed E-state index contributed by atoms with van der Waals surface area (Å²) in [6.07, 6.45) is 6.77. The van der Waals surface area contributed by atoms with Gasteiger partial charge in [-0.05, 0) is 47.5 Å². The van der Waals surface area contributed by atoms with Gasteiger partial charge < -0.3 is 26.5 Å². The molecule has 2 atom stereocenters. The lowest BCUT2D eigenvalue weighted by Gasteiger charge is -2.21. The van der Waals surface area contributed by atoms with Gasteiger partial charge in [0.25, 0.3) is 0 Å². The Balaban J connectivity index is 1.43. The van der Waals surface area contributed by atoms with E-state index < -0.39 is 17.8 Å². The quantitative estimate of drug-likeness (QED) is 0.235. The van der Waals surface area contributed by atoms with Crippen LogP contribution in [-0.4, -0.2) is 53.8 Å². The van der Waals surface area contributed by atoms with E-state index in [1.54, 1.807) is 6.07 Å². The number of aromatic amines is 1. The van der Waals surface area contributed by atoms with E-state index in [-0.39, 0.29) is 23.2 Å². The van der Waals surface area contributed by atoms with Crippen LogP contribution in [-0.2, 0) is 4.79 Å². The number of para-hydroxylation sites is 1. The van der Waals surface area contributed by atoms with E-state index in [2.05, 4.69) is 36.1 Å². The molecule has 6 N–H and O–H groups in total. The molecule has 2 aromatic carbocycles. The normalized spacial score (nSPS) is 17.6. The van der Waals surface area contributed by atoms with Crippen molar-refractivity contribution >= 4 is 35.1 Å². The van der Waals surface area contributed by atoms with Crippen LogP contribution in [0.4, 0.5) is 15.9 Å². The number of H-pyrrole nitrogens is 1. The molecule has 0 aliphatic carbocycles. The van der Waals surface area contributed by atoms with Gasteiger partial charge in [0, 0.05) is 28.9 Å². The maximum absolute atomic E-state index is 14.9. The second kappa shape index (κ2) is 11.6. The van der Waals surface area contributed by atoms with Crippen LogP contribution in [0.5, 0.6) is 0 Å². The molecule has 1 aliphatic rings. The number of halogens is 2. The number of rotatable bonds is 5. The van der Waals surface area contributed by atoms with Crippen molar-refractivity contribution in [3.05, 3.63) is 71.0 Å². The third-order valence-electron chi connectivity index (χ3n) is 6.58. The Hall–Kier alpha value is -4.29. The van der Waals surface area contributed by atoms with Crippen molar-refractivity contribution in [2.24, 2.45) is 0 Å². The van der Waals surface area contributed by atoms with Crippen LogP contribution in [0.2, 0.25) is 5.02 Å². The number of fused-ring (bicyclic) bond motifs is 4. The average molecular weight is 552 g/mol. The molecule has 0 unspecified atom stereocenters. The number of amides is 1. The van der Waals surface area contributed by atoms with Crippen molar-refractivity contribution in [1.29, 1.82) is 0 Å². The Morgan fingerprint density at radius 3 is 2.87 bits per heavy atom. The number of tetrazole rings is 1. The largest absolute Gasteiger partial charge is 0.394 e. The standard InChI is InChI=1S/C26H27ClFN9O2/c27-18-10-11-21(37-14-30-35-36-37)17(23(18)28)9-12-22(39)32-20-8-3-1-5-15(13-38)31-19-7-4-2-6-16(19)24-25(29)34-26(20)33-24/h2,4,6-7,9-12,14-15,20,31,38H,1,3,5,8,13,29H2,(H,32,39)(H,33,34)/b12-9+/t15-,20+/m1/s1. The molecule has 3 heterocycles. The first-order valence-corrected chi connectivity index (χ1v) is 12.8. The van der Waals surface area contributed by atoms with Crippen molar-refractivity contribution in [1.82, 2.24) is 35.5 Å². The fraction of sp³-hybridized carbons (Fsp3) is 0.269. The van der Waals surface area contributed by atoms with E-state index in [1.165, 1.54) is 29.2 Å². The van der Waals surface area contributed by atoms with E-state index in [1.807, 2.05) is 24.3 Å². The first kappa shape index (κ1) is 26.3. The van der Waals surface area contributed by atoms with Crippen molar-refractivity contribution in [2.75, 3.05) is 17.7 Å². The minimum atomic E-state index is -0.700. The molecule has 4 aromatic rings. The molecule has 13 heteroatoms. The number of nitrogen functional groups attached to an aromatic ring is 1. The fourth-order valence-electron chi connectivity index (χ4n) is 4.61. The number of carbonyl (C=O) groups excluding carboxylic acids is 1. The summed E-state index contributed by atoms with van der Waals surface area (Å²) in [5, 5.41) is 27.1. The zero-order valence-electron chi connectivity index (χ0n) is 20.8. The maximum atomic E-state index is 14.9. The number of imidazole rings is 1. The van der Waals surface area contributed by atoms with Crippen LogP contribution in [0.25, 0.3) is 23.0 Å². The molecule has 2 aromatic heterocycles. The van der Waals surface area contributed by atoms with Crippen molar-refractivity contribution in [3.8, 4) is 16.9 Å². The highest BCUT2D eigenvalue weighted by atomic mass is 35.5. The molecule has 0 saturated carbocycles. The van der Waals surface area contributed by atoms with Gasteiger partial charge in [-0.25, -0.2) is 9.37 Å². The van der Waals surface area contributed by atoms with Gasteiger partial charge in [-0.1, -0.05) is 42.6 Å². The van der Waals surface area contributed by atoms with Gasteiger partial charge in [-0.2, -0.15) is 4.68 Å². The summed E-state index contributed by atoms with van der Waals surface area (Å²) < 4.78 is 16.2. The molecular weight excluding hydrogens is 525 g/mol. The summed E-state index contributed by atoms with van der Waals surface area (Å²) in [4.78, 5) is 20.8. The van der Waals surface area contributed by atoms with Gasteiger partial charge in [0.05, 0.1) is 29.1 Å². The monoisotopic (exact) mass is 551 g/mol. The molecule has 0 saturated heterocycles. The minimum absolute atomic E-state index is 0.0181. The third-order valence-corrected chi connectivity index (χ3v) is 6.87. The molecule has 202 valence electrons. The van der Waals surface area contributed by atoms with Gasteiger partial charge >= 0.3 is 0 Å². The summed E-state index contributed by atoms with van der Waals surface area (Å²) in [5.74, 6) is -0.350. The number of aliphatic hydroxyl groups is 1. The van der Waals surface area contributed by atoms with Gasteiger partial charge in [0.1, 0.15) is 18.0 Å². The maximum Gasteiger partial charge on any atom is 0.244 e. The summed E-state index contributed by atoms with van der Waals surface area (Å²) in [6.45, 7) is -0.0181. The van der Waals surface area contributed by atoms with Gasteiger partial charge in [-0.15, -0.1) is 5.10 Å². The van der Waals surface area contributed by atoms with Crippen LogP contribution >= 0.6 is 11.6 Å². The van der Waals surface area contributed by atoms with Crippen LogP contribution in [0.3, 0.4) is 0 Å². The van der Waals surface area contributed by atoms with E-state index in [4.69, 9.17) is 17.3 Å². The van der Waals surface area contributed by atoms with Crippen LogP contribution < -0.4 is 16.4 Å². The Kier molecular flexibility index (Phi) is 7.84. The second-order valence-corrected chi connectivity index (χ2v) is 9.59. The average Bonchev–Trinajstić information content (AvgIpc) is 3.60. The number of nitrogens with zero attached hydrogens (tertiary/aromatic N) is 5. The number of hydrogen-bond donors (Lipinski definition) is 5. The number of anilines is 2. The predicted octanol–water partition coefficient (Wildman–Crippen LogP) is 3.64. The SMILES string of the molecule is Nc1nc2[nH]c1-c1ccccc1N[C@@H](CO)CCCC[C@@H]2NC(=O)/C=C/c1c(-n2cnnn2)ccc(Cl)c1F. The van der Waals surface area contributed by atoms with E-state index in [0.717, 1.165) is 30.5 Å². The van der Waals surface area contributed by atoms with Crippen molar-refractivity contribution in [2.45, 2.75) is 37.8 Å². The molecule has 1 aliphatic heterocycles. The first-order valence-electron chi connectivity index (χ1n) is 12.5. The molecule has 0 spiro atoms. The van der Waals surface area contributed by atoms with E-state index in [9.17, 15) is 14.3 Å². The number of aliphatic hydroxyl groups excluding tert-OH is 1. The summed E-state index contributed by atoms with van der Waals surface area (Å²) >= 11 is 5.99. The summed E-state index contributed by atoms with van der Waals surface area (Å²) in [6, 6.07) is 9.97. The Morgan fingerprint density at radius 1 is 1.26 bits per heavy atom. The number of nitrogens with two attached hydrogens (primary N) is 1. The van der Waals surface area contributed by atoms with Gasteiger partial charge in [0.15, 0.2) is 5.82 Å². The predicted molar refractivity (Wildman–Crippen MR) is 145 cm³/mol. The van der Waals surface area contributed by atoms with Gasteiger partial charge in [0.2, 0.25) is 5.91 Å². The molecule has 1 amide bonds. The third kappa shape index (κ3) is 5.76. The van der Waals surface area contributed by atoms with Crippen LogP contribution in [0, 0.1) is 5.82 Å². The molecular formula is C26H27ClFN9O2. The number of carbonyl (C=O) groups is 1. The highest BCUT2D eigenvalue weighted by molar-refractivity contribution is 6.31. The van der Waals surface area contributed by atoms with Gasteiger partial charge in [-0.3, -0.25) is 4.79 Å². The number of aromatic nitrogens is 6. The topological polar surface area (TPSA) is 160 Å². The summed E-state index contributed by atoms with van der Waals surface area (Å²) in [5.41, 5.74) is 8.93.